The Labute approximate surface area is 187 Å². The summed E-state index contributed by atoms with van der Waals surface area (Å²) in [5, 5.41) is 24.1. The van der Waals surface area contributed by atoms with Crippen LogP contribution in [0, 0.1) is 0 Å². The Bertz CT molecular complexity index is 1100. The first-order valence-electron chi connectivity index (χ1n) is 9.93. The van der Waals surface area contributed by atoms with Gasteiger partial charge in [0.05, 0.1) is 12.9 Å². The summed E-state index contributed by atoms with van der Waals surface area (Å²) >= 11 is 0. The molecule has 2 aromatic rings. The summed E-state index contributed by atoms with van der Waals surface area (Å²) in [5.41, 5.74) is 6.56. The van der Waals surface area contributed by atoms with E-state index in [2.05, 4.69) is 20.3 Å². The van der Waals surface area contributed by atoms with Crippen molar-refractivity contribution in [2.75, 3.05) is 49.3 Å². The molecule has 0 aromatic carbocycles. The minimum atomic E-state index is -4.81. The minimum absolute atomic E-state index is 0.124. The van der Waals surface area contributed by atoms with Gasteiger partial charge < -0.3 is 50.1 Å². The van der Waals surface area contributed by atoms with E-state index in [0.29, 0.717) is 19.0 Å². The lowest BCUT2D eigenvalue weighted by molar-refractivity contribution is -0.0483. The maximum atomic E-state index is 11.9. The second kappa shape index (κ2) is 9.15. The van der Waals surface area contributed by atoms with Crippen molar-refractivity contribution in [2.45, 2.75) is 24.5 Å². The summed E-state index contributed by atoms with van der Waals surface area (Å²) in [6.07, 6.45) is -4.18. The van der Waals surface area contributed by atoms with Gasteiger partial charge in [0.25, 0.3) is 0 Å². The van der Waals surface area contributed by atoms with Crippen molar-refractivity contribution in [1.82, 2.24) is 24.8 Å². The van der Waals surface area contributed by atoms with Gasteiger partial charge in [-0.1, -0.05) is 0 Å². The Hall–Kier alpha value is -1.71. The van der Waals surface area contributed by atoms with Gasteiger partial charge in [0, 0.05) is 26.2 Å². The summed E-state index contributed by atoms with van der Waals surface area (Å²) in [5.74, 6) is -0.889. The third-order valence-electron chi connectivity index (χ3n) is 5.25. The van der Waals surface area contributed by atoms with Gasteiger partial charge in [-0.15, -0.1) is 0 Å². The third kappa shape index (κ3) is 5.35. The predicted octanol–water partition coefficient (Wildman–Crippen LogP) is -2.23. The molecule has 33 heavy (non-hydrogen) atoms. The molecule has 0 saturated carbocycles. The molecule has 2 fully saturated rings. The highest BCUT2D eigenvalue weighted by atomic mass is 31.2. The number of hydrogen-bond donors (Lipinski definition) is 7. The number of aromatic nitrogens is 4. The van der Waals surface area contributed by atoms with E-state index >= 15 is 0 Å². The maximum absolute atomic E-state index is 11.9. The molecule has 2 aromatic heterocycles. The molecule has 184 valence electrons. The van der Waals surface area contributed by atoms with Gasteiger partial charge in [-0.2, -0.15) is 9.97 Å². The van der Waals surface area contributed by atoms with E-state index in [9.17, 15) is 24.2 Å². The summed E-state index contributed by atoms with van der Waals surface area (Å²) in [4.78, 5) is 42.3. The van der Waals surface area contributed by atoms with Crippen molar-refractivity contribution in [3.8, 4) is 0 Å². The van der Waals surface area contributed by atoms with E-state index < -0.39 is 52.2 Å². The quantitative estimate of drug-likeness (QED) is 0.196. The molecule has 4 rings (SSSR count). The Morgan fingerprint density at radius 2 is 1.88 bits per heavy atom. The van der Waals surface area contributed by atoms with Crippen LogP contribution in [0.25, 0.3) is 11.2 Å². The van der Waals surface area contributed by atoms with Crippen molar-refractivity contribution in [3.05, 3.63) is 6.33 Å². The molecule has 0 spiro atoms. The molecule has 4 heterocycles. The molecule has 2 aliphatic heterocycles. The number of nitrogen functional groups attached to an aromatic ring is 1. The molecule has 5 atom stereocenters. The average Bonchev–Trinajstić information content (AvgIpc) is 3.27. The first-order chi connectivity index (χ1) is 15.5. The highest BCUT2D eigenvalue weighted by molar-refractivity contribution is 7.70. The largest absolute Gasteiger partial charge is 0.387 e. The zero-order chi connectivity index (χ0) is 24.0. The topological polar surface area (TPSA) is 239 Å². The van der Waals surface area contributed by atoms with Crippen molar-refractivity contribution in [1.29, 1.82) is 0 Å². The Kier molecular flexibility index (Phi) is 6.77. The van der Waals surface area contributed by atoms with Crippen LogP contribution in [-0.2, 0) is 18.4 Å². The Morgan fingerprint density at radius 1 is 1.18 bits per heavy atom. The van der Waals surface area contributed by atoms with Gasteiger partial charge in [0.1, 0.15) is 23.8 Å². The number of rotatable bonds is 7. The number of piperazine rings is 1. The van der Waals surface area contributed by atoms with Gasteiger partial charge >= 0.3 is 15.2 Å². The number of aliphatic hydroxyl groups excluding tert-OH is 2. The van der Waals surface area contributed by atoms with E-state index in [4.69, 9.17) is 24.8 Å². The third-order valence-corrected chi connectivity index (χ3v) is 8.71. The van der Waals surface area contributed by atoms with Crippen molar-refractivity contribution in [2.24, 2.45) is 0 Å². The number of nitrogens with two attached hydrogens (primary N) is 1. The van der Waals surface area contributed by atoms with Crippen LogP contribution in [0.4, 0.5) is 11.8 Å². The average molecular weight is 509 g/mol. The van der Waals surface area contributed by atoms with Crippen LogP contribution in [0.1, 0.15) is 6.23 Å². The fourth-order valence-corrected chi connectivity index (χ4v) is 6.25. The van der Waals surface area contributed by atoms with E-state index in [1.54, 1.807) is 0 Å². The monoisotopic (exact) mass is 509 g/mol. The molecular weight excluding hydrogens is 484 g/mol. The molecule has 18 heteroatoms. The number of aliphatic hydroxyl groups is 2. The van der Waals surface area contributed by atoms with Crippen LogP contribution in [0.3, 0.4) is 0 Å². The number of anilines is 2. The molecule has 0 aliphatic carbocycles. The van der Waals surface area contributed by atoms with Gasteiger partial charge in [0.2, 0.25) is 5.95 Å². The van der Waals surface area contributed by atoms with Gasteiger partial charge in [-0.25, -0.2) is 4.98 Å². The molecule has 0 radical (unpaired) electrons. The lowest BCUT2D eigenvalue weighted by Gasteiger charge is -2.27. The smallest absolute Gasteiger partial charge is 0.340 e. The number of fused-ring (bicyclic) bond motifs is 1. The van der Waals surface area contributed by atoms with Crippen molar-refractivity contribution in [3.63, 3.8) is 0 Å². The lowest BCUT2D eigenvalue weighted by Crippen LogP contribution is -2.44. The minimum Gasteiger partial charge on any atom is -0.387 e. The highest BCUT2D eigenvalue weighted by Gasteiger charge is 2.45. The van der Waals surface area contributed by atoms with Crippen molar-refractivity contribution >= 4 is 38.1 Å². The fourth-order valence-electron chi connectivity index (χ4n) is 3.68. The van der Waals surface area contributed by atoms with Crippen LogP contribution >= 0.6 is 15.2 Å². The molecule has 1 unspecified atom stereocenters. The fraction of sp³-hybridized carbons (Fsp3) is 0.667. The molecule has 2 saturated heterocycles. The van der Waals surface area contributed by atoms with Gasteiger partial charge in [-0.3, -0.25) is 13.7 Å². The van der Waals surface area contributed by atoms with Gasteiger partial charge in [-0.05, 0) is 0 Å². The Balaban J connectivity index is 1.55. The van der Waals surface area contributed by atoms with E-state index in [-0.39, 0.29) is 17.0 Å². The normalized spacial score (nSPS) is 28.3. The highest BCUT2D eigenvalue weighted by Crippen LogP contribution is 2.55. The summed E-state index contributed by atoms with van der Waals surface area (Å²) in [6.45, 7) is 2.12. The first kappa shape index (κ1) is 24.4. The predicted molar refractivity (Wildman–Crippen MR) is 113 cm³/mol. The second-order valence-corrected chi connectivity index (χ2v) is 11.7. The van der Waals surface area contributed by atoms with Crippen LogP contribution < -0.4 is 16.0 Å². The first-order valence-corrected chi connectivity index (χ1v) is 13.5. The summed E-state index contributed by atoms with van der Waals surface area (Å²) < 4.78 is 34.6. The molecule has 16 nitrogen and oxygen atoms in total. The van der Waals surface area contributed by atoms with Crippen LogP contribution in [0.5, 0.6) is 0 Å². The molecular formula is C15H25N7O9P2. The zero-order valence-corrected chi connectivity index (χ0v) is 19.0. The second-order valence-electron chi connectivity index (χ2n) is 7.76. The lowest BCUT2D eigenvalue weighted by atomic mass is 10.1. The number of nitrogens with one attached hydrogen (secondary N) is 1. The maximum Gasteiger partial charge on any atom is 0.340 e. The van der Waals surface area contributed by atoms with E-state index in [1.165, 1.54) is 10.9 Å². The van der Waals surface area contributed by atoms with E-state index in [1.807, 2.05) is 4.90 Å². The van der Waals surface area contributed by atoms with Crippen LogP contribution in [0.15, 0.2) is 6.33 Å². The zero-order valence-electron chi connectivity index (χ0n) is 17.2. The number of hydrogen-bond acceptors (Lipinski definition) is 12. The van der Waals surface area contributed by atoms with Gasteiger partial charge in [0.15, 0.2) is 23.6 Å². The SMILES string of the molecule is Nc1nc(N2CCNCC2)nc2c1ncn2[C@@H]1O[C@H](COP(=O)(O)CP(=O)(O)O)[C@@H](O)[C@H]1O. The van der Waals surface area contributed by atoms with Crippen LogP contribution in [-0.4, -0.2) is 101 Å². The molecule has 2 aliphatic rings. The standard InChI is InChI=1S/C15H25N7O9P2/c16-12-9-13(20-15(19-12)21-3-1-17-2-4-21)22(6-18-9)14-11(24)10(23)8(31-14)5-30-33(28,29)7-32(25,26)27/h6,8,10-11,14,17,23-24H,1-5,7H2,(H,28,29)(H2,16,19,20)(H2,25,26,27)/t8-,10-,11-,14-/m1/s1. The molecule has 0 bridgehead atoms. The molecule has 8 N–H and O–H groups in total. The van der Waals surface area contributed by atoms with Crippen LogP contribution in [0.2, 0.25) is 0 Å². The Morgan fingerprint density at radius 3 is 2.55 bits per heavy atom. The summed E-state index contributed by atoms with van der Waals surface area (Å²) in [7, 11) is -9.48. The summed E-state index contributed by atoms with van der Waals surface area (Å²) in [6, 6.07) is 0. The van der Waals surface area contributed by atoms with E-state index in [0.717, 1.165) is 13.1 Å². The molecule has 0 amide bonds. The number of ether oxygens (including phenoxy) is 1. The number of imidazole rings is 1. The number of nitrogens with zero attached hydrogens (tertiary/aromatic N) is 5. The van der Waals surface area contributed by atoms with Crippen molar-refractivity contribution < 1.29 is 43.3 Å².